The topological polar surface area (TPSA) is 27.7 Å². The van der Waals surface area contributed by atoms with Gasteiger partial charge in [-0.25, -0.2) is 0 Å². The van der Waals surface area contributed by atoms with Crippen LogP contribution >= 0.6 is 0 Å². The summed E-state index contributed by atoms with van der Waals surface area (Å²) in [5.74, 6) is 1.62. The fraction of sp³-hybridized carbons (Fsp3) is 0.200. The molecule has 0 bridgehead atoms. The van der Waals surface area contributed by atoms with Crippen molar-refractivity contribution < 1.29 is 14.2 Å². The van der Waals surface area contributed by atoms with Crippen LogP contribution in [-0.2, 0) is 10.3 Å². The molecule has 0 amide bonds. The van der Waals surface area contributed by atoms with E-state index in [1.165, 1.54) is 0 Å². The summed E-state index contributed by atoms with van der Waals surface area (Å²) in [5, 5.41) is 0. The van der Waals surface area contributed by atoms with Gasteiger partial charge in [-0.2, -0.15) is 0 Å². The molecule has 4 aromatic rings. The molecule has 0 spiro atoms. The summed E-state index contributed by atoms with van der Waals surface area (Å²) in [6.07, 6.45) is -0.417. The highest BCUT2D eigenvalue weighted by Crippen LogP contribution is 2.39. The molecule has 0 fully saturated rings. The molecule has 0 aliphatic carbocycles. The molecule has 0 N–H and O–H groups in total. The van der Waals surface area contributed by atoms with Crippen LogP contribution in [0, 0.1) is 0 Å². The van der Waals surface area contributed by atoms with E-state index in [0.29, 0.717) is 6.61 Å². The number of benzene rings is 4. The summed E-state index contributed by atoms with van der Waals surface area (Å²) in [7, 11) is 0. The van der Waals surface area contributed by atoms with Gasteiger partial charge in [-0.3, -0.25) is 0 Å². The molecule has 0 radical (unpaired) electrons. The Kier molecular flexibility index (Phi) is 7.43. The molecule has 4 rings (SSSR count). The Morgan fingerprint density at radius 1 is 0.576 bits per heavy atom. The maximum atomic E-state index is 6.82. The Morgan fingerprint density at radius 2 is 1.00 bits per heavy atom. The standard InChI is InChI=1S/C30H30O3/c1-24(32-28-19-11-5-12-20-28)23-31-25(2)30(26-15-7-3-8-16-26,27-17-9-4-10-18-27)33-29-21-13-6-14-22-29/h3-22,24-25H,23H2,1-2H3. The lowest BCUT2D eigenvalue weighted by atomic mass is 9.81. The van der Waals surface area contributed by atoms with Gasteiger partial charge < -0.3 is 14.2 Å². The van der Waals surface area contributed by atoms with E-state index in [2.05, 4.69) is 31.2 Å². The van der Waals surface area contributed by atoms with E-state index in [9.17, 15) is 0 Å². The highest BCUT2D eigenvalue weighted by atomic mass is 16.6. The van der Waals surface area contributed by atoms with Crippen LogP contribution in [0.4, 0.5) is 0 Å². The average Bonchev–Trinajstić information content (AvgIpc) is 2.88. The summed E-state index contributed by atoms with van der Waals surface area (Å²) in [6.45, 7) is 4.51. The molecule has 0 aromatic heterocycles. The minimum atomic E-state index is -0.837. The van der Waals surface area contributed by atoms with Crippen molar-refractivity contribution in [3.8, 4) is 11.5 Å². The van der Waals surface area contributed by atoms with Crippen LogP contribution < -0.4 is 9.47 Å². The first-order valence-corrected chi connectivity index (χ1v) is 11.4. The zero-order valence-corrected chi connectivity index (χ0v) is 19.1. The number of hydrogen-bond donors (Lipinski definition) is 0. The molecule has 2 atom stereocenters. The first kappa shape index (κ1) is 22.6. The maximum Gasteiger partial charge on any atom is 0.185 e. The van der Waals surface area contributed by atoms with E-state index in [4.69, 9.17) is 14.2 Å². The van der Waals surface area contributed by atoms with Crippen LogP contribution in [-0.4, -0.2) is 18.8 Å². The SMILES string of the molecule is CC(COC(C)C(Oc1ccccc1)(c1ccccc1)c1ccccc1)Oc1ccccc1. The third-order valence-corrected chi connectivity index (χ3v) is 5.66. The van der Waals surface area contributed by atoms with Gasteiger partial charge >= 0.3 is 0 Å². The number of hydrogen-bond acceptors (Lipinski definition) is 3. The van der Waals surface area contributed by atoms with Crippen LogP contribution in [0.15, 0.2) is 121 Å². The number of rotatable bonds is 10. The normalized spacial score (nSPS) is 13.2. The van der Waals surface area contributed by atoms with Gasteiger partial charge in [0.1, 0.15) is 23.7 Å². The number of para-hydroxylation sites is 2. The van der Waals surface area contributed by atoms with Gasteiger partial charge in [0, 0.05) is 11.1 Å². The van der Waals surface area contributed by atoms with E-state index in [1.807, 2.05) is 104 Å². The summed E-state index contributed by atoms with van der Waals surface area (Å²) in [4.78, 5) is 0. The summed E-state index contributed by atoms with van der Waals surface area (Å²) in [6, 6.07) is 40.3. The monoisotopic (exact) mass is 438 g/mol. The van der Waals surface area contributed by atoms with E-state index in [-0.39, 0.29) is 12.2 Å². The van der Waals surface area contributed by atoms with E-state index in [1.54, 1.807) is 0 Å². The lowest BCUT2D eigenvalue weighted by Gasteiger charge is -2.40. The zero-order valence-electron chi connectivity index (χ0n) is 19.1. The van der Waals surface area contributed by atoms with E-state index in [0.717, 1.165) is 22.6 Å². The minimum absolute atomic E-state index is 0.115. The van der Waals surface area contributed by atoms with Crippen molar-refractivity contribution >= 4 is 0 Å². The lowest BCUT2D eigenvalue weighted by molar-refractivity contribution is -0.0814. The molecule has 33 heavy (non-hydrogen) atoms. The molecule has 168 valence electrons. The van der Waals surface area contributed by atoms with Gasteiger partial charge in [0.2, 0.25) is 0 Å². The van der Waals surface area contributed by atoms with Crippen LogP contribution in [0.1, 0.15) is 25.0 Å². The van der Waals surface area contributed by atoms with Crippen molar-refractivity contribution in [1.29, 1.82) is 0 Å². The lowest BCUT2D eigenvalue weighted by Crippen LogP contribution is -2.47. The molecule has 0 heterocycles. The second-order valence-electron chi connectivity index (χ2n) is 8.10. The predicted molar refractivity (Wildman–Crippen MR) is 133 cm³/mol. The van der Waals surface area contributed by atoms with Crippen LogP contribution in [0.3, 0.4) is 0 Å². The molecule has 0 aliphatic heterocycles. The van der Waals surface area contributed by atoms with Gasteiger partial charge in [0.15, 0.2) is 5.60 Å². The van der Waals surface area contributed by atoms with Gasteiger partial charge in [0.05, 0.1) is 6.61 Å². The Bertz CT molecular complexity index is 1040. The molecule has 0 saturated carbocycles. The number of ether oxygens (including phenoxy) is 3. The summed E-state index contributed by atoms with van der Waals surface area (Å²) in [5.41, 5.74) is 1.23. The Morgan fingerprint density at radius 3 is 1.48 bits per heavy atom. The summed E-state index contributed by atoms with van der Waals surface area (Å²) >= 11 is 0. The van der Waals surface area contributed by atoms with Gasteiger partial charge in [-0.1, -0.05) is 97.1 Å². The van der Waals surface area contributed by atoms with Crippen molar-refractivity contribution in [2.24, 2.45) is 0 Å². The fourth-order valence-corrected chi connectivity index (χ4v) is 4.05. The van der Waals surface area contributed by atoms with Crippen LogP contribution in [0.5, 0.6) is 11.5 Å². The Labute approximate surface area is 196 Å². The maximum absolute atomic E-state index is 6.82. The molecular formula is C30H30O3. The molecule has 3 heteroatoms. The Balaban J connectivity index is 1.66. The zero-order chi connectivity index (χ0) is 22.9. The second kappa shape index (κ2) is 10.8. The largest absolute Gasteiger partial charge is 0.488 e. The van der Waals surface area contributed by atoms with Gasteiger partial charge in [-0.05, 0) is 38.1 Å². The van der Waals surface area contributed by atoms with Crippen molar-refractivity contribution in [2.45, 2.75) is 31.7 Å². The smallest absolute Gasteiger partial charge is 0.185 e. The third-order valence-electron chi connectivity index (χ3n) is 5.66. The van der Waals surface area contributed by atoms with Gasteiger partial charge in [0.25, 0.3) is 0 Å². The van der Waals surface area contributed by atoms with Crippen LogP contribution in [0.2, 0.25) is 0 Å². The molecule has 0 aliphatic rings. The molecule has 2 unspecified atom stereocenters. The summed E-state index contributed by atoms with van der Waals surface area (Å²) < 4.78 is 19.3. The van der Waals surface area contributed by atoms with Gasteiger partial charge in [-0.15, -0.1) is 0 Å². The highest BCUT2D eigenvalue weighted by Gasteiger charge is 2.43. The first-order chi connectivity index (χ1) is 16.2. The van der Waals surface area contributed by atoms with Crippen LogP contribution in [0.25, 0.3) is 0 Å². The predicted octanol–water partition coefficient (Wildman–Crippen LogP) is 6.88. The Hall–Kier alpha value is -3.56. The van der Waals surface area contributed by atoms with Crippen molar-refractivity contribution in [1.82, 2.24) is 0 Å². The molecule has 3 nitrogen and oxygen atoms in total. The van der Waals surface area contributed by atoms with Crippen molar-refractivity contribution in [2.75, 3.05) is 6.61 Å². The molecule has 0 saturated heterocycles. The quantitative estimate of drug-likeness (QED) is 0.270. The average molecular weight is 439 g/mol. The second-order valence-corrected chi connectivity index (χ2v) is 8.10. The van der Waals surface area contributed by atoms with Crippen molar-refractivity contribution in [3.05, 3.63) is 132 Å². The van der Waals surface area contributed by atoms with Crippen molar-refractivity contribution in [3.63, 3.8) is 0 Å². The van der Waals surface area contributed by atoms with E-state index >= 15 is 0 Å². The fourth-order valence-electron chi connectivity index (χ4n) is 4.05. The minimum Gasteiger partial charge on any atom is -0.488 e. The van der Waals surface area contributed by atoms with E-state index < -0.39 is 5.60 Å². The highest BCUT2D eigenvalue weighted by molar-refractivity contribution is 5.40. The molecular weight excluding hydrogens is 408 g/mol. The third kappa shape index (κ3) is 5.44. The molecule has 4 aromatic carbocycles. The first-order valence-electron chi connectivity index (χ1n) is 11.4.